The molecule has 5 heteroatoms. The Balaban J connectivity index is 1.35. The number of benzene rings is 4. The zero-order chi connectivity index (χ0) is 25.8. The van der Waals surface area contributed by atoms with Crippen LogP contribution < -0.4 is 11.1 Å². The fraction of sp³-hybridized carbons (Fsp3) is 0.125. The van der Waals surface area contributed by atoms with Gasteiger partial charge in [0.25, 0.3) is 5.91 Å². The maximum atomic E-state index is 13.4. The van der Waals surface area contributed by atoms with Crippen LogP contribution in [0, 0.1) is 5.82 Å². The van der Waals surface area contributed by atoms with E-state index in [2.05, 4.69) is 5.32 Å². The minimum absolute atomic E-state index is 0.0438. The molecule has 0 radical (unpaired) electrons. The molecule has 1 saturated carbocycles. The monoisotopic (exact) mass is 490 g/mol. The smallest absolute Gasteiger partial charge is 0.252 e. The number of rotatable bonds is 8. The SMILES string of the molecule is Nc1ccc(-c2ccccc2)cc1CC(=O)c1ccc(/C=C(/C(=O)NC2CC2)c2ccc(F)cc2)cc1. The molecule has 0 spiro atoms. The Morgan fingerprint density at radius 3 is 2.19 bits per heavy atom. The van der Waals surface area contributed by atoms with Gasteiger partial charge >= 0.3 is 0 Å². The minimum Gasteiger partial charge on any atom is -0.398 e. The summed E-state index contributed by atoms with van der Waals surface area (Å²) in [5.74, 6) is -0.593. The van der Waals surface area contributed by atoms with E-state index in [1.54, 1.807) is 30.3 Å². The van der Waals surface area contributed by atoms with Gasteiger partial charge in [0.1, 0.15) is 5.82 Å². The third kappa shape index (κ3) is 6.01. The molecule has 0 atom stereocenters. The molecule has 1 amide bonds. The van der Waals surface area contributed by atoms with Gasteiger partial charge in [0.05, 0.1) is 0 Å². The third-order valence-corrected chi connectivity index (χ3v) is 6.46. The van der Waals surface area contributed by atoms with Crippen molar-refractivity contribution >= 4 is 29.0 Å². The molecule has 0 heterocycles. The average Bonchev–Trinajstić information content (AvgIpc) is 3.74. The van der Waals surface area contributed by atoms with Crippen molar-refractivity contribution in [3.05, 3.63) is 125 Å². The molecule has 1 aliphatic rings. The summed E-state index contributed by atoms with van der Waals surface area (Å²) < 4.78 is 13.4. The van der Waals surface area contributed by atoms with E-state index in [-0.39, 0.29) is 30.0 Å². The number of halogens is 1. The number of carbonyl (C=O) groups is 2. The molecule has 4 nitrogen and oxygen atoms in total. The van der Waals surface area contributed by atoms with Crippen LogP contribution in [-0.4, -0.2) is 17.7 Å². The number of Topliss-reactive ketones (excluding diaryl/α,β-unsaturated/α-hetero) is 1. The van der Waals surface area contributed by atoms with Crippen LogP contribution in [-0.2, 0) is 11.2 Å². The number of nitrogens with two attached hydrogens (primary N) is 1. The van der Waals surface area contributed by atoms with Crippen molar-refractivity contribution in [2.24, 2.45) is 0 Å². The quantitative estimate of drug-likeness (QED) is 0.131. The second-order valence-electron chi connectivity index (χ2n) is 9.31. The lowest BCUT2D eigenvalue weighted by Gasteiger charge is -2.10. The van der Waals surface area contributed by atoms with E-state index in [9.17, 15) is 14.0 Å². The summed E-state index contributed by atoms with van der Waals surface area (Å²) >= 11 is 0. The Hall–Kier alpha value is -4.51. The van der Waals surface area contributed by atoms with Gasteiger partial charge in [0, 0.05) is 29.3 Å². The summed E-state index contributed by atoms with van der Waals surface area (Å²) in [6, 6.07) is 28.9. The number of ketones is 1. The second kappa shape index (κ2) is 10.6. The topological polar surface area (TPSA) is 72.2 Å². The highest BCUT2D eigenvalue weighted by Gasteiger charge is 2.25. The zero-order valence-corrected chi connectivity index (χ0v) is 20.3. The van der Waals surface area contributed by atoms with Gasteiger partial charge in [-0.1, -0.05) is 72.8 Å². The van der Waals surface area contributed by atoms with Gasteiger partial charge in [-0.3, -0.25) is 9.59 Å². The molecule has 5 rings (SSSR count). The van der Waals surface area contributed by atoms with Crippen LogP contribution in [0.1, 0.15) is 39.9 Å². The molecule has 0 aromatic heterocycles. The van der Waals surface area contributed by atoms with Gasteiger partial charge in [-0.15, -0.1) is 0 Å². The highest BCUT2D eigenvalue weighted by atomic mass is 19.1. The summed E-state index contributed by atoms with van der Waals surface area (Å²) in [5.41, 5.74) is 12.0. The van der Waals surface area contributed by atoms with Crippen LogP contribution in [0.4, 0.5) is 10.1 Å². The normalized spacial score (nSPS) is 13.3. The van der Waals surface area contributed by atoms with Crippen LogP contribution in [0.3, 0.4) is 0 Å². The molecule has 0 unspecified atom stereocenters. The van der Waals surface area contributed by atoms with Crippen molar-refractivity contribution in [3.8, 4) is 11.1 Å². The lowest BCUT2D eigenvalue weighted by Crippen LogP contribution is -2.26. The number of nitrogen functional groups attached to an aromatic ring is 1. The first-order valence-electron chi connectivity index (χ1n) is 12.3. The van der Waals surface area contributed by atoms with Gasteiger partial charge in [-0.25, -0.2) is 4.39 Å². The van der Waals surface area contributed by atoms with E-state index < -0.39 is 0 Å². The lowest BCUT2D eigenvalue weighted by molar-refractivity contribution is -0.115. The van der Waals surface area contributed by atoms with E-state index in [4.69, 9.17) is 5.73 Å². The summed E-state index contributed by atoms with van der Waals surface area (Å²) in [5, 5.41) is 3.00. The minimum atomic E-state index is -0.358. The van der Waals surface area contributed by atoms with E-state index in [0.29, 0.717) is 22.4 Å². The van der Waals surface area contributed by atoms with E-state index in [1.807, 2.05) is 60.7 Å². The van der Waals surface area contributed by atoms with Crippen LogP contribution >= 0.6 is 0 Å². The maximum Gasteiger partial charge on any atom is 0.252 e. The highest BCUT2D eigenvalue weighted by Crippen LogP contribution is 2.26. The average molecular weight is 491 g/mol. The summed E-state index contributed by atoms with van der Waals surface area (Å²) in [4.78, 5) is 26.0. The molecule has 0 aliphatic heterocycles. The molecular formula is C32H27FN2O2. The van der Waals surface area contributed by atoms with E-state index in [0.717, 1.165) is 35.1 Å². The second-order valence-corrected chi connectivity index (χ2v) is 9.31. The van der Waals surface area contributed by atoms with Crippen molar-refractivity contribution < 1.29 is 14.0 Å². The number of hydrogen-bond acceptors (Lipinski definition) is 3. The molecule has 0 saturated heterocycles. The Bertz CT molecular complexity index is 1460. The summed E-state index contributed by atoms with van der Waals surface area (Å²) in [7, 11) is 0. The largest absolute Gasteiger partial charge is 0.398 e. The van der Waals surface area contributed by atoms with Gasteiger partial charge in [-0.2, -0.15) is 0 Å². The first-order chi connectivity index (χ1) is 18.0. The molecule has 4 aromatic carbocycles. The Morgan fingerprint density at radius 1 is 0.838 bits per heavy atom. The van der Waals surface area contributed by atoms with Crippen LogP contribution in [0.5, 0.6) is 0 Å². The molecule has 184 valence electrons. The van der Waals surface area contributed by atoms with Gasteiger partial charge in [0.15, 0.2) is 5.78 Å². The standard InChI is InChI=1S/C32H27FN2O2/c33-27-13-10-23(11-14-27)29(32(37)35-28-15-16-28)18-21-6-8-24(9-7-21)31(36)20-26-19-25(12-17-30(26)34)22-4-2-1-3-5-22/h1-14,17-19,28H,15-16,20,34H2,(H,35,37)/b29-18+. The van der Waals surface area contributed by atoms with Crippen LogP contribution in [0.15, 0.2) is 97.1 Å². The van der Waals surface area contributed by atoms with Crippen molar-refractivity contribution in [2.45, 2.75) is 25.3 Å². The fourth-order valence-electron chi connectivity index (χ4n) is 4.18. The maximum absolute atomic E-state index is 13.4. The molecule has 1 aliphatic carbocycles. The highest BCUT2D eigenvalue weighted by molar-refractivity contribution is 6.24. The van der Waals surface area contributed by atoms with E-state index >= 15 is 0 Å². The predicted octanol–water partition coefficient (Wildman–Crippen LogP) is 6.32. The molecule has 37 heavy (non-hydrogen) atoms. The van der Waals surface area contributed by atoms with Crippen molar-refractivity contribution in [3.63, 3.8) is 0 Å². The Labute approximate surface area is 215 Å². The summed E-state index contributed by atoms with van der Waals surface area (Å²) in [6.07, 6.45) is 3.89. The molecule has 1 fully saturated rings. The molecule has 3 N–H and O–H groups in total. The van der Waals surface area contributed by atoms with Gasteiger partial charge in [-0.05, 0) is 71.0 Å². The summed E-state index contributed by atoms with van der Waals surface area (Å²) in [6.45, 7) is 0. The number of amides is 1. The van der Waals surface area contributed by atoms with Crippen molar-refractivity contribution in [1.82, 2.24) is 5.32 Å². The molecular weight excluding hydrogens is 463 g/mol. The Morgan fingerprint density at radius 2 is 1.51 bits per heavy atom. The van der Waals surface area contributed by atoms with Crippen molar-refractivity contribution in [1.29, 1.82) is 0 Å². The number of anilines is 1. The van der Waals surface area contributed by atoms with E-state index in [1.165, 1.54) is 12.1 Å². The molecule has 0 bridgehead atoms. The number of nitrogens with one attached hydrogen (secondary N) is 1. The first-order valence-corrected chi connectivity index (χ1v) is 12.3. The van der Waals surface area contributed by atoms with Gasteiger partial charge < -0.3 is 11.1 Å². The van der Waals surface area contributed by atoms with Crippen LogP contribution in [0.2, 0.25) is 0 Å². The first kappa shape index (κ1) is 24.2. The van der Waals surface area contributed by atoms with Crippen LogP contribution in [0.25, 0.3) is 22.8 Å². The number of hydrogen-bond donors (Lipinski definition) is 2. The predicted molar refractivity (Wildman–Crippen MR) is 146 cm³/mol. The fourth-order valence-corrected chi connectivity index (χ4v) is 4.18. The zero-order valence-electron chi connectivity index (χ0n) is 20.3. The van der Waals surface area contributed by atoms with Gasteiger partial charge in [0.2, 0.25) is 0 Å². The molecule has 4 aromatic rings. The van der Waals surface area contributed by atoms with Crippen molar-refractivity contribution in [2.75, 3.05) is 5.73 Å². The number of carbonyl (C=O) groups excluding carboxylic acids is 2. The Kier molecular flexibility index (Phi) is 6.95. The third-order valence-electron chi connectivity index (χ3n) is 6.46. The lowest BCUT2D eigenvalue weighted by atomic mass is 9.96.